The van der Waals surface area contributed by atoms with Gasteiger partial charge in [-0.3, -0.25) is 14.4 Å². The summed E-state index contributed by atoms with van der Waals surface area (Å²) in [5.41, 5.74) is 0. The number of amides is 2. The Morgan fingerprint density at radius 3 is 2.36 bits per heavy atom. The van der Waals surface area contributed by atoms with Gasteiger partial charge in [-0.15, -0.1) is 0 Å². The van der Waals surface area contributed by atoms with Gasteiger partial charge in [0.05, 0.1) is 18.9 Å². The number of carboxylic acids is 1. The van der Waals surface area contributed by atoms with Crippen LogP contribution < -0.4 is 4.74 Å². The van der Waals surface area contributed by atoms with E-state index in [0.29, 0.717) is 58.5 Å². The van der Waals surface area contributed by atoms with E-state index >= 15 is 0 Å². The maximum atomic E-state index is 12.7. The van der Waals surface area contributed by atoms with E-state index in [1.54, 1.807) is 9.80 Å². The third kappa shape index (κ3) is 5.24. The molecule has 1 aromatic carbocycles. The predicted octanol–water partition coefficient (Wildman–Crippen LogP) is 2.02. The molecular weight excluding hydrogens is 360 g/mol. The lowest BCUT2D eigenvalue weighted by Gasteiger charge is -2.37. The van der Waals surface area contributed by atoms with Gasteiger partial charge in [-0.05, 0) is 37.8 Å². The molecule has 2 amide bonds. The van der Waals surface area contributed by atoms with Crippen LogP contribution in [0.5, 0.6) is 5.75 Å². The average Bonchev–Trinajstić information content (AvgIpc) is 2.74. The highest BCUT2D eigenvalue weighted by atomic mass is 16.5. The fraction of sp³-hybridized carbons (Fsp3) is 0.571. The summed E-state index contributed by atoms with van der Waals surface area (Å²) in [6.07, 6.45) is 2.97. The molecule has 0 radical (unpaired) electrons. The van der Waals surface area contributed by atoms with Gasteiger partial charge in [0.25, 0.3) is 0 Å². The summed E-state index contributed by atoms with van der Waals surface area (Å²) >= 11 is 0. The third-order valence-electron chi connectivity index (χ3n) is 5.61. The van der Waals surface area contributed by atoms with Gasteiger partial charge >= 0.3 is 5.97 Å². The van der Waals surface area contributed by atoms with E-state index in [1.165, 1.54) is 0 Å². The Hall–Kier alpha value is -2.57. The molecule has 28 heavy (non-hydrogen) atoms. The first-order valence-electron chi connectivity index (χ1n) is 10.0. The van der Waals surface area contributed by atoms with E-state index in [9.17, 15) is 19.5 Å². The highest BCUT2D eigenvalue weighted by Gasteiger charge is 2.34. The largest absolute Gasteiger partial charge is 0.493 e. The number of piperidine rings is 2. The van der Waals surface area contributed by atoms with Crippen molar-refractivity contribution in [2.45, 2.75) is 32.1 Å². The number of para-hydroxylation sites is 1. The number of carbonyl (C=O) groups excluding carboxylic acids is 2. The number of hydrogen-bond donors (Lipinski definition) is 1. The summed E-state index contributed by atoms with van der Waals surface area (Å²) in [7, 11) is 0. The number of carboxylic acid groups (broad SMARTS) is 1. The number of nitrogens with zero attached hydrogens (tertiary/aromatic N) is 2. The summed E-state index contributed by atoms with van der Waals surface area (Å²) in [5, 5.41) is 9.20. The number of ether oxygens (including phenoxy) is 1. The molecule has 152 valence electrons. The standard InChI is InChI=1S/C21H28N2O5/c24-19(10-14-28-18-6-2-1-3-7-18)22-12-8-16(9-13-22)20(25)23-11-4-5-17(15-23)21(26)27/h1-3,6-7,16-17H,4-5,8-15H2,(H,26,27)/t17-/m0/s1. The van der Waals surface area contributed by atoms with E-state index in [4.69, 9.17) is 4.74 Å². The summed E-state index contributed by atoms with van der Waals surface area (Å²) in [6, 6.07) is 9.41. The Morgan fingerprint density at radius 1 is 0.964 bits per heavy atom. The van der Waals surface area contributed by atoms with Gasteiger partial charge in [-0.25, -0.2) is 0 Å². The van der Waals surface area contributed by atoms with Gasteiger partial charge in [0, 0.05) is 32.1 Å². The van der Waals surface area contributed by atoms with Gasteiger partial charge in [0.2, 0.25) is 11.8 Å². The zero-order valence-corrected chi connectivity index (χ0v) is 16.1. The summed E-state index contributed by atoms with van der Waals surface area (Å²) in [4.78, 5) is 39.8. The van der Waals surface area contributed by atoms with E-state index < -0.39 is 11.9 Å². The van der Waals surface area contributed by atoms with Crippen LogP contribution in [0.3, 0.4) is 0 Å². The minimum Gasteiger partial charge on any atom is -0.493 e. The van der Waals surface area contributed by atoms with Crippen molar-refractivity contribution in [3.8, 4) is 5.75 Å². The van der Waals surface area contributed by atoms with Crippen molar-refractivity contribution in [3.63, 3.8) is 0 Å². The lowest BCUT2D eigenvalue weighted by atomic mass is 9.92. The molecule has 7 nitrogen and oxygen atoms in total. The highest BCUT2D eigenvalue weighted by molar-refractivity contribution is 5.81. The average molecular weight is 388 g/mol. The van der Waals surface area contributed by atoms with Crippen LogP contribution in [0.2, 0.25) is 0 Å². The van der Waals surface area contributed by atoms with Crippen LogP contribution in [0.1, 0.15) is 32.1 Å². The molecule has 3 rings (SSSR count). The fourth-order valence-corrected chi connectivity index (χ4v) is 3.94. The molecule has 0 aliphatic carbocycles. The van der Waals surface area contributed by atoms with Crippen molar-refractivity contribution in [1.82, 2.24) is 9.80 Å². The first-order valence-corrected chi connectivity index (χ1v) is 10.0. The van der Waals surface area contributed by atoms with Crippen LogP contribution in [0.25, 0.3) is 0 Å². The number of likely N-dealkylation sites (tertiary alicyclic amines) is 2. The topological polar surface area (TPSA) is 87.2 Å². The molecule has 7 heteroatoms. The van der Waals surface area contributed by atoms with Gasteiger partial charge in [0.15, 0.2) is 0 Å². The van der Waals surface area contributed by atoms with Crippen molar-refractivity contribution in [2.24, 2.45) is 11.8 Å². The van der Waals surface area contributed by atoms with Crippen LogP contribution in [0.4, 0.5) is 0 Å². The molecule has 0 saturated carbocycles. The molecule has 1 aromatic rings. The van der Waals surface area contributed by atoms with Crippen molar-refractivity contribution >= 4 is 17.8 Å². The molecule has 1 atom stereocenters. The van der Waals surface area contributed by atoms with Crippen molar-refractivity contribution < 1.29 is 24.2 Å². The first-order chi connectivity index (χ1) is 13.5. The van der Waals surface area contributed by atoms with Gasteiger partial charge in [0.1, 0.15) is 5.75 Å². The molecule has 2 saturated heterocycles. The molecule has 0 spiro atoms. The molecule has 0 aromatic heterocycles. The van der Waals surface area contributed by atoms with Crippen molar-refractivity contribution in [2.75, 3.05) is 32.8 Å². The Balaban J connectivity index is 1.40. The van der Waals surface area contributed by atoms with E-state index in [-0.39, 0.29) is 17.7 Å². The quantitative estimate of drug-likeness (QED) is 0.806. The molecule has 2 aliphatic heterocycles. The summed E-state index contributed by atoms with van der Waals surface area (Å²) in [6.45, 7) is 2.42. The first kappa shape index (κ1) is 20.2. The van der Waals surface area contributed by atoms with E-state index in [0.717, 1.165) is 12.2 Å². The second kappa shape index (κ2) is 9.57. The Kier molecular flexibility index (Phi) is 6.90. The summed E-state index contributed by atoms with van der Waals surface area (Å²) < 4.78 is 5.58. The Bertz CT molecular complexity index is 685. The van der Waals surface area contributed by atoms with Crippen molar-refractivity contribution in [1.29, 1.82) is 0 Å². The number of rotatable bonds is 6. The minimum atomic E-state index is -0.823. The van der Waals surface area contributed by atoms with E-state index in [1.807, 2.05) is 30.3 Å². The monoisotopic (exact) mass is 388 g/mol. The SMILES string of the molecule is O=C(O)[C@H]1CCCN(C(=O)C2CCN(C(=O)CCOc3ccccc3)CC2)C1. The number of aliphatic carboxylic acids is 1. The highest BCUT2D eigenvalue weighted by Crippen LogP contribution is 2.24. The maximum Gasteiger partial charge on any atom is 0.308 e. The minimum absolute atomic E-state index is 0.0467. The van der Waals surface area contributed by atoms with Gasteiger partial charge in [-0.1, -0.05) is 18.2 Å². The number of carbonyl (C=O) groups is 3. The Labute approximate surface area is 165 Å². The molecule has 1 N–H and O–H groups in total. The molecule has 0 bridgehead atoms. The molecule has 0 unspecified atom stereocenters. The van der Waals surface area contributed by atoms with Gasteiger partial charge in [-0.2, -0.15) is 0 Å². The maximum absolute atomic E-state index is 12.7. The molecule has 2 heterocycles. The normalized spacial score (nSPS) is 20.6. The Morgan fingerprint density at radius 2 is 1.68 bits per heavy atom. The fourth-order valence-electron chi connectivity index (χ4n) is 3.94. The summed E-state index contributed by atoms with van der Waals surface area (Å²) in [5.74, 6) is -0.547. The second-order valence-electron chi connectivity index (χ2n) is 7.53. The third-order valence-corrected chi connectivity index (χ3v) is 5.61. The zero-order chi connectivity index (χ0) is 19.9. The van der Waals surface area contributed by atoms with E-state index in [2.05, 4.69) is 0 Å². The van der Waals surface area contributed by atoms with Crippen LogP contribution in [0.15, 0.2) is 30.3 Å². The molecule has 2 fully saturated rings. The second-order valence-corrected chi connectivity index (χ2v) is 7.53. The van der Waals surface area contributed by atoms with Crippen LogP contribution in [-0.2, 0) is 14.4 Å². The zero-order valence-electron chi connectivity index (χ0n) is 16.1. The lowest BCUT2D eigenvalue weighted by molar-refractivity contribution is -0.148. The number of hydrogen-bond acceptors (Lipinski definition) is 4. The smallest absolute Gasteiger partial charge is 0.308 e. The van der Waals surface area contributed by atoms with Gasteiger partial charge < -0.3 is 19.6 Å². The van der Waals surface area contributed by atoms with Crippen LogP contribution in [0, 0.1) is 11.8 Å². The number of benzene rings is 1. The van der Waals surface area contributed by atoms with Crippen molar-refractivity contribution in [3.05, 3.63) is 30.3 Å². The molecule has 2 aliphatic rings. The lowest BCUT2D eigenvalue weighted by Crippen LogP contribution is -2.48. The predicted molar refractivity (Wildman–Crippen MR) is 103 cm³/mol. The van der Waals surface area contributed by atoms with Crippen LogP contribution >= 0.6 is 0 Å². The van der Waals surface area contributed by atoms with Crippen LogP contribution in [-0.4, -0.2) is 65.5 Å². The molecular formula is C21H28N2O5.